The first kappa shape index (κ1) is 19.7. The van der Waals surface area contributed by atoms with Gasteiger partial charge in [0, 0.05) is 25.7 Å². The minimum absolute atomic E-state index is 0.143. The number of nitrogen functional groups attached to an aromatic ring is 1. The van der Waals surface area contributed by atoms with E-state index >= 15 is 0 Å². The number of carbonyl (C=O) groups is 2. The molecule has 0 aliphatic carbocycles. The van der Waals surface area contributed by atoms with Gasteiger partial charge in [-0.05, 0) is 57.3 Å². The summed E-state index contributed by atoms with van der Waals surface area (Å²) >= 11 is 0. The molecule has 156 valence electrons. The monoisotopic (exact) mass is 398 g/mol. The Morgan fingerprint density at radius 1 is 1.21 bits per heavy atom. The molecule has 1 atom stereocenters. The number of nitrogens with two attached hydrogens (primary N) is 1. The molecule has 8 nitrogen and oxygen atoms in total. The molecule has 3 aliphatic rings. The number of carbonyl (C=O) groups excluding carboxylic acids is 2. The SMILES string of the molecule is CCCNC(=O)c1ccc2c(c(C(=O)N[C@@H]3CN4CCC3CC4)nn2CC)c1N. The maximum atomic E-state index is 13.2. The van der Waals surface area contributed by atoms with Crippen molar-refractivity contribution in [3.63, 3.8) is 0 Å². The van der Waals surface area contributed by atoms with Crippen LogP contribution in [0.3, 0.4) is 0 Å². The number of aromatic nitrogens is 2. The molecule has 8 heteroatoms. The van der Waals surface area contributed by atoms with Gasteiger partial charge in [0.05, 0.1) is 22.2 Å². The second kappa shape index (κ2) is 8.02. The van der Waals surface area contributed by atoms with E-state index in [4.69, 9.17) is 5.73 Å². The number of rotatable bonds is 6. The summed E-state index contributed by atoms with van der Waals surface area (Å²) in [6.07, 6.45) is 3.09. The van der Waals surface area contributed by atoms with Crippen LogP contribution in [0, 0.1) is 5.92 Å². The Labute approximate surface area is 170 Å². The van der Waals surface area contributed by atoms with Gasteiger partial charge in [-0.3, -0.25) is 14.3 Å². The molecule has 3 fully saturated rings. The molecule has 0 spiro atoms. The number of piperidine rings is 3. The van der Waals surface area contributed by atoms with Crippen LogP contribution in [0.1, 0.15) is 54.0 Å². The van der Waals surface area contributed by atoms with Crippen LogP contribution in [0.4, 0.5) is 5.69 Å². The zero-order valence-electron chi connectivity index (χ0n) is 17.2. The van der Waals surface area contributed by atoms with Crippen LogP contribution >= 0.6 is 0 Å². The molecule has 0 radical (unpaired) electrons. The first-order valence-corrected chi connectivity index (χ1v) is 10.6. The standard InChI is InChI=1S/C21H30N6O2/c1-3-9-23-20(28)14-5-6-16-17(18(14)22)19(25-27(16)4-2)21(29)24-15-12-26-10-7-13(15)8-11-26/h5-6,13,15H,3-4,7-12,22H2,1-2H3,(H,23,28)(H,24,29)/t15-/m1/s1. The van der Waals surface area contributed by atoms with Gasteiger partial charge in [0.15, 0.2) is 5.69 Å². The third kappa shape index (κ3) is 3.57. The molecule has 4 N–H and O–H groups in total. The number of nitrogens with one attached hydrogen (secondary N) is 2. The smallest absolute Gasteiger partial charge is 0.272 e. The number of aryl methyl sites for hydroxylation is 1. The van der Waals surface area contributed by atoms with Gasteiger partial charge in [-0.2, -0.15) is 5.10 Å². The fourth-order valence-corrected chi connectivity index (χ4v) is 4.59. The van der Waals surface area contributed by atoms with E-state index in [-0.39, 0.29) is 17.9 Å². The predicted molar refractivity (Wildman–Crippen MR) is 113 cm³/mol. The molecule has 5 rings (SSSR count). The Kier molecular flexibility index (Phi) is 5.45. The summed E-state index contributed by atoms with van der Waals surface area (Å²) in [4.78, 5) is 28.1. The van der Waals surface area contributed by atoms with Gasteiger partial charge in [0.25, 0.3) is 11.8 Å². The Morgan fingerprint density at radius 3 is 2.59 bits per heavy atom. The van der Waals surface area contributed by atoms with E-state index in [1.807, 2.05) is 19.9 Å². The molecule has 4 heterocycles. The van der Waals surface area contributed by atoms with Crippen molar-refractivity contribution in [2.75, 3.05) is 31.9 Å². The van der Waals surface area contributed by atoms with E-state index in [0.29, 0.717) is 41.3 Å². The van der Waals surface area contributed by atoms with E-state index in [2.05, 4.69) is 20.6 Å². The highest BCUT2D eigenvalue weighted by atomic mass is 16.2. The third-order valence-electron chi connectivity index (χ3n) is 6.23. The second-order valence-electron chi connectivity index (χ2n) is 8.06. The van der Waals surface area contributed by atoms with E-state index in [9.17, 15) is 9.59 Å². The van der Waals surface area contributed by atoms with Crippen molar-refractivity contribution in [3.05, 3.63) is 23.4 Å². The second-order valence-corrected chi connectivity index (χ2v) is 8.06. The Hall–Kier alpha value is -2.61. The van der Waals surface area contributed by atoms with Gasteiger partial charge < -0.3 is 21.3 Å². The van der Waals surface area contributed by atoms with Gasteiger partial charge in [-0.15, -0.1) is 0 Å². The highest BCUT2D eigenvalue weighted by Crippen LogP contribution is 2.30. The van der Waals surface area contributed by atoms with Crippen molar-refractivity contribution >= 4 is 28.4 Å². The van der Waals surface area contributed by atoms with Crippen LogP contribution in [-0.2, 0) is 6.54 Å². The number of hydrogen-bond acceptors (Lipinski definition) is 5. The zero-order chi connectivity index (χ0) is 20.5. The van der Waals surface area contributed by atoms with Crippen LogP contribution in [0.15, 0.2) is 12.1 Å². The zero-order valence-corrected chi connectivity index (χ0v) is 17.2. The maximum absolute atomic E-state index is 13.2. The summed E-state index contributed by atoms with van der Waals surface area (Å²) in [5, 5.41) is 11.2. The van der Waals surface area contributed by atoms with Crippen molar-refractivity contribution in [1.82, 2.24) is 25.3 Å². The fraction of sp³-hybridized carbons (Fsp3) is 0.571. The van der Waals surface area contributed by atoms with Crippen LogP contribution in [0.25, 0.3) is 10.9 Å². The summed E-state index contributed by atoms with van der Waals surface area (Å²) in [5.74, 6) is 0.0919. The highest BCUT2D eigenvalue weighted by molar-refractivity contribution is 6.14. The van der Waals surface area contributed by atoms with Crippen molar-refractivity contribution in [1.29, 1.82) is 0 Å². The molecule has 2 bridgehead atoms. The lowest BCUT2D eigenvalue weighted by atomic mass is 9.84. The molecular weight excluding hydrogens is 368 g/mol. The van der Waals surface area contributed by atoms with E-state index in [1.54, 1.807) is 10.7 Å². The van der Waals surface area contributed by atoms with Crippen molar-refractivity contribution < 1.29 is 9.59 Å². The highest BCUT2D eigenvalue weighted by Gasteiger charge is 2.35. The molecule has 0 unspecified atom stereocenters. The van der Waals surface area contributed by atoms with Crippen LogP contribution in [0.2, 0.25) is 0 Å². The summed E-state index contributed by atoms with van der Waals surface area (Å²) in [7, 11) is 0. The largest absolute Gasteiger partial charge is 0.397 e. The Bertz CT molecular complexity index is 929. The first-order valence-electron chi connectivity index (χ1n) is 10.6. The lowest BCUT2D eigenvalue weighted by Gasteiger charge is -2.44. The van der Waals surface area contributed by atoms with Crippen molar-refractivity contribution in [2.45, 2.75) is 45.7 Å². The number of anilines is 1. The summed E-state index contributed by atoms with van der Waals surface area (Å²) in [6, 6.07) is 3.68. The first-order chi connectivity index (χ1) is 14.0. The molecule has 2 amide bonds. The normalized spacial score (nSPS) is 23.3. The lowest BCUT2D eigenvalue weighted by molar-refractivity contribution is 0.0618. The number of nitrogens with zero attached hydrogens (tertiary/aromatic N) is 3. The van der Waals surface area contributed by atoms with Crippen molar-refractivity contribution in [2.24, 2.45) is 5.92 Å². The minimum atomic E-state index is -0.223. The molecule has 29 heavy (non-hydrogen) atoms. The molecule has 3 aliphatic heterocycles. The topological polar surface area (TPSA) is 105 Å². The van der Waals surface area contributed by atoms with Gasteiger partial charge in [-0.1, -0.05) is 6.92 Å². The van der Waals surface area contributed by atoms with E-state index in [0.717, 1.165) is 44.4 Å². The molecular formula is C21H30N6O2. The average molecular weight is 399 g/mol. The Balaban J connectivity index is 1.67. The molecule has 2 aromatic rings. The van der Waals surface area contributed by atoms with E-state index < -0.39 is 0 Å². The number of fused-ring (bicyclic) bond motifs is 4. The Morgan fingerprint density at radius 2 is 1.97 bits per heavy atom. The van der Waals surface area contributed by atoms with Gasteiger partial charge in [0.1, 0.15) is 0 Å². The molecule has 1 aromatic heterocycles. The fourth-order valence-electron chi connectivity index (χ4n) is 4.59. The molecule has 3 saturated heterocycles. The van der Waals surface area contributed by atoms with Gasteiger partial charge in [-0.25, -0.2) is 0 Å². The number of hydrogen-bond donors (Lipinski definition) is 3. The average Bonchev–Trinajstić information content (AvgIpc) is 3.13. The summed E-state index contributed by atoms with van der Waals surface area (Å²) in [6.45, 7) is 8.29. The third-order valence-corrected chi connectivity index (χ3v) is 6.23. The van der Waals surface area contributed by atoms with Crippen LogP contribution in [0.5, 0.6) is 0 Å². The van der Waals surface area contributed by atoms with Crippen molar-refractivity contribution in [3.8, 4) is 0 Å². The molecule has 0 saturated carbocycles. The maximum Gasteiger partial charge on any atom is 0.272 e. The van der Waals surface area contributed by atoms with Crippen LogP contribution in [-0.4, -0.2) is 58.7 Å². The van der Waals surface area contributed by atoms with Gasteiger partial charge in [0.2, 0.25) is 0 Å². The molecule has 1 aromatic carbocycles. The summed E-state index contributed by atoms with van der Waals surface area (Å²) in [5.41, 5.74) is 8.17. The van der Waals surface area contributed by atoms with E-state index in [1.165, 1.54) is 0 Å². The lowest BCUT2D eigenvalue weighted by Crippen LogP contribution is -2.57. The quantitative estimate of drug-likeness (QED) is 0.641. The number of amides is 2. The summed E-state index contributed by atoms with van der Waals surface area (Å²) < 4.78 is 1.77. The van der Waals surface area contributed by atoms with Gasteiger partial charge >= 0.3 is 0 Å². The van der Waals surface area contributed by atoms with Crippen LogP contribution < -0.4 is 16.4 Å². The predicted octanol–water partition coefficient (Wildman–Crippen LogP) is 1.60. The number of benzene rings is 1. The minimum Gasteiger partial charge on any atom is -0.397 e.